The van der Waals surface area contributed by atoms with Crippen molar-refractivity contribution in [2.75, 3.05) is 0 Å². The molecule has 0 aliphatic heterocycles. The van der Waals surface area contributed by atoms with Gasteiger partial charge in [-0.3, -0.25) is 4.79 Å². The van der Waals surface area contributed by atoms with Crippen LogP contribution < -0.4 is 5.32 Å². The Morgan fingerprint density at radius 3 is 2.17 bits per heavy atom. The number of aliphatic carboxylic acids is 1. The molecule has 1 atom stereocenters. The molecule has 0 saturated carbocycles. The van der Waals surface area contributed by atoms with Crippen molar-refractivity contribution in [2.45, 2.75) is 26.3 Å². The van der Waals surface area contributed by atoms with E-state index in [1.165, 1.54) is 0 Å². The van der Waals surface area contributed by atoms with Gasteiger partial charge in [0.15, 0.2) is 0 Å². The maximum Gasteiger partial charge on any atom is 0.326 e. The zero-order chi connectivity index (χ0) is 17.0. The molecule has 0 heterocycles. The Bertz CT molecular complexity index is 705. The maximum absolute atomic E-state index is 12.3. The summed E-state index contributed by atoms with van der Waals surface area (Å²) in [6.45, 7) is 3.81. The first-order chi connectivity index (χ1) is 10.8. The van der Waals surface area contributed by atoms with Gasteiger partial charge in [-0.05, 0) is 43.7 Å². The van der Waals surface area contributed by atoms with Crippen molar-refractivity contribution < 1.29 is 14.7 Å². The molecule has 0 aromatic heterocycles. The first-order valence-electron chi connectivity index (χ1n) is 7.21. The summed E-state index contributed by atoms with van der Waals surface area (Å²) < 4.78 is 0.924. The van der Waals surface area contributed by atoms with Crippen molar-refractivity contribution >= 4 is 27.8 Å². The third-order valence-electron chi connectivity index (χ3n) is 3.44. The molecule has 2 aromatic carbocycles. The Morgan fingerprint density at radius 2 is 1.65 bits per heavy atom. The molecule has 0 unspecified atom stereocenters. The van der Waals surface area contributed by atoms with Gasteiger partial charge in [0.2, 0.25) is 0 Å². The van der Waals surface area contributed by atoms with Crippen LogP contribution in [0.1, 0.15) is 27.0 Å². The van der Waals surface area contributed by atoms with Gasteiger partial charge >= 0.3 is 5.97 Å². The topological polar surface area (TPSA) is 66.4 Å². The molecule has 120 valence electrons. The fourth-order valence-corrected chi connectivity index (χ4v) is 2.67. The van der Waals surface area contributed by atoms with Crippen LogP contribution in [0.3, 0.4) is 0 Å². The van der Waals surface area contributed by atoms with Crippen molar-refractivity contribution in [3.63, 3.8) is 0 Å². The van der Waals surface area contributed by atoms with Crippen LogP contribution in [0.5, 0.6) is 0 Å². The molecule has 2 aromatic rings. The lowest BCUT2D eigenvalue weighted by Gasteiger charge is -2.15. The van der Waals surface area contributed by atoms with E-state index in [4.69, 9.17) is 0 Å². The van der Waals surface area contributed by atoms with E-state index in [2.05, 4.69) is 21.2 Å². The highest BCUT2D eigenvalue weighted by atomic mass is 79.9. The van der Waals surface area contributed by atoms with Crippen LogP contribution in [-0.4, -0.2) is 23.0 Å². The summed E-state index contributed by atoms with van der Waals surface area (Å²) in [4.78, 5) is 23.8. The summed E-state index contributed by atoms with van der Waals surface area (Å²) in [5.41, 5.74) is 3.26. The molecule has 0 bridgehead atoms. The second kappa shape index (κ2) is 7.42. The van der Waals surface area contributed by atoms with Gasteiger partial charge in [-0.15, -0.1) is 0 Å². The molecular formula is C18H18BrNO3. The standard InChI is InChI=1S/C18H18BrNO3/c1-11-7-12(2)9-14(8-11)17(21)20-16(18(22)23)10-13-3-5-15(19)6-4-13/h3-9,16H,10H2,1-2H3,(H,20,21)(H,22,23)/t16-/m1/s1. The fraction of sp³-hybridized carbons (Fsp3) is 0.222. The molecule has 2 rings (SSSR count). The van der Waals surface area contributed by atoms with Gasteiger partial charge in [-0.25, -0.2) is 4.79 Å². The lowest BCUT2D eigenvalue weighted by Crippen LogP contribution is -2.42. The maximum atomic E-state index is 12.3. The van der Waals surface area contributed by atoms with E-state index in [9.17, 15) is 14.7 Å². The molecule has 23 heavy (non-hydrogen) atoms. The number of aryl methyl sites for hydroxylation is 2. The largest absolute Gasteiger partial charge is 0.480 e. The monoisotopic (exact) mass is 375 g/mol. The molecule has 0 fully saturated rings. The number of halogens is 1. The van der Waals surface area contributed by atoms with Crippen LogP contribution in [0.4, 0.5) is 0 Å². The summed E-state index contributed by atoms with van der Waals surface area (Å²) >= 11 is 3.34. The van der Waals surface area contributed by atoms with Gasteiger partial charge in [-0.2, -0.15) is 0 Å². The predicted octanol–water partition coefficient (Wildman–Crippen LogP) is 3.49. The number of carbonyl (C=O) groups is 2. The lowest BCUT2D eigenvalue weighted by atomic mass is 10.0. The van der Waals surface area contributed by atoms with Crippen LogP contribution >= 0.6 is 15.9 Å². The van der Waals surface area contributed by atoms with E-state index in [0.29, 0.717) is 5.56 Å². The highest BCUT2D eigenvalue weighted by Gasteiger charge is 2.21. The average Bonchev–Trinajstić information content (AvgIpc) is 2.47. The van der Waals surface area contributed by atoms with E-state index in [1.807, 2.05) is 44.2 Å². The zero-order valence-corrected chi connectivity index (χ0v) is 14.6. The van der Waals surface area contributed by atoms with Crippen LogP contribution in [0.15, 0.2) is 46.9 Å². The van der Waals surface area contributed by atoms with Crippen molar-refractivity contribution in [2.24, 2.45) is 0 Å². The lowest BCUT2D eigenvalue weighted by molar-refractivity contribution is -0.139. The third kappa shape index (κ3) is 4.93. The number of nitrogens with one attached hydrogen (secondary N) is 1. The Labute approximate surface area is 143 Å². The zero-order valence-electron chi connectivity index (χ0n) is 13.0. The molecule has 0 radical (unpaired) electrons. The SMILES string of the molecule is Cc1cc(C)cc(C(=O)N[C@H](Cc2ccc(Br)cc2)C(=O)O)c1. The number of benzene rings is 2. The van der Waals surface area contributed by atoms with Crippen LogP contribution in [0.25, 0.3) is 0 Å². The smallest absolute Gasteiger partial charge is 0.326 e. The number of carboxylic acid groups (broad SMARTS) is 1. The third-order valence-corrected chi connectivity index (χ3v) is 3.97. The minimum Gasteiger partial charge on any atom is -0.480 e. The second-order valence-corrected chi connectivity index (χ2v) is 6.49. The highest BCUT2D eigenvalue weighted by Crippen LogP contribution is 2.13. The van der Waals surface area contributed by atoms with Gasteiger partial charge in [-0.1, -0.05) is 45.3 Å². The molecule has 4 nitrogen and oxygen atoms in total. The molecule has 1 amide bonds. The Kier molecular flexibility index (Phi) is 5.55. The number of rotatable bonds is 5. The number of carboxylic acids is 1. The van der Waals surface area contributed by atoms with Crippen LogP contribution in [-0.2, 0) is 11.2 Å². The summed E-state index contributed by atoms with van der Waals surface area (Å²) in [6, 6.07) is 11.9. The van der Waals surface area contributed by atoms with Gasteiger partial charge in [0, 0.05) is 16.5 Å². The Morgan fingerprint density at radius 1 is 1.09 bits per heavy atom. The summed E-state index contributed by atoms with van der Waals surface area (Å²) in [5, 5.41) is 12.0. The number of carbonyl (C=O) groups excluding carboxylic acids is 1. The molecule has 0 saturated heterocycles. The molecule has 0 spiro atoms. The van der Waals surface area contributed by atoms with Crippen molar-refractivity contribution in [3.05, 3.63) is 69.2 Å². The molecular weight excluding hydrogens is 358 g/mol. The van der Waals surface area contributed by atoms with Crippen LogP contribution in [0.2, 0.25) is 0 Å². The first kappa shape index (κ1) is 17.2. The Balaban J connectivity index is 2.14. The van der Waals surface area contributed by atoms with Crippen molar-refractivity contribution in [1.29, 1.82) is 0 Å². The molecule has 0 aliphatic rings. The average molecular weight is 376 g/mol. The van der Waals surface area contributed by atoms with E-state index in [1.54, 1.807) is 12.1 Å². The van der Waals surface area contributed by atoms with Gasteiger partial charge in [0.25, 0.3) is 5.91 Å². The van der Waals surface area contributed by atoms with E-state index >= 15 is 0 Å². The molecule has 0 aliphatic carbocycles. The molecule has 5 heteroatoms. The van der Waals surface area contributed by atoms with Crippen LogP contribution in [0, 0.1) is 13.8 Å². The highest BCUT2D eigenvalue weighted by molar-refractivity contribution is 9.10. The van der Waals surface area contributed by atoms with Gasteiger partial charge < -0.3 is 10.4 Å². The minimum absolute atomic E-state index is 0.235. The summed E-state index contributed by atoms with van der Waals surface area (Å²) in [6.07, 6.45) is 0.235. The number of amides is 1. The Hall–Kier alpha value is -2.14. The number of hydrogen-bond donors (Lipinski definition) is 2. The van der Waals surface area contributed by atoms with E-state index in [-0.39, 0.29) is 12.3 Å². The number of hydrogen-bond acceptors (Lipinski definition) is 2. The summed E-state index contributed by atoms with van der Waals surface area (Å²) in [7, 11) is 0. The van der Waals surface area contributed by atoms with Crippen molar-refractivity contribution in [1.82, 2.24) is 5.32 Å². The normalized spacial score (nSPS) is 11.8. The van der Waals surface area contributed by atoms with Gasteiger partial charge in [0.05, 0.1) is 0 Å². The van der Waals surface area contributed by atoms with Gasteiger partial charge in [0.1, 0.15) is 6.04 Å². The fourth-order valence-electron chi connectivity index (χ4n) is 2.40. The second-order valence-electron chi connectivity index (χ2n) is 5.57. The van der Waals surface area contributed by atoms with Crippen molar-refractivity contribution in [3.8, 4) is 0 Å². The summed E-state index contributed by atoms with van der Waals surface area (Å²) in [5.74, 6) is -1.42. The van der Waals surface area contributed by atoms with E-state index in [0.717, 1.165) is 21.2 Å². The minimum atomic E-state index is -1.05. The van der Waals surface area contributed by atoms with E-state index < -0.39 is 12.0 Å². The quantitative estimate of drug-likeness (QED) is 0.840. The first-order valence-corrected chi connectivity index (χ1v) is 8.01. The molecule has 2 N–H and O–H groups in total. The predicted molar refractivity (Wildman–Crippen MR) is 92.7 cm³/mol.